The van der Waals surface area contributed by atoms with Crippen LogP contribution in [0.3, 0.4) is 0 Å². The third-order valence-electron chi connectivity index (χ3n) is 7.08. The number of anilines is 1. The molecular formula is C31H33Cl3N6O4. The first-order valence-electron chi connectivity index (χ1n) is 14.3. The number of ether oxygens (including phenoxy) is 1. The van der Waals surface area contributed by atoms with Gasteiger partial charge in [-0.1, -0.05) is 60.8 Å². The van der Waals surface area contributed by atoms with E-state index in [1.165, 1.54) is 4.68 Å². The highest BCUT2D eigenvalue weighted by molar-refractivity contribution is 6.40. The quantitative estimate of drug-likeness (QED) is 0.233. The Kier molecular flexibility index (Phi) is 9.09. The highest BCUT2D eigenvalue weighted by atomic mass is 35.5. The highest BCUT2D eigenvalue weighted by Crippen LogP contribution is 2.35. The Morgan fingerprint density at radius 1 is 1.11 bits per heavy atom. The number of fused-ring (bicyclic) bond motifs is 1. The summed E-state index contributed by atoms with van der Waals surface area (Å²) in [5.41, 5.74) is 1.26. The molecule has 0 spiro atoms. The van der Waals surface area contributed by atoms with E-state index in [2.05, 4.69) is 15.4 Å². The maximum atomic E-state index is 13.4. The van der Waals surface area contributed by atoms with Gasteiger partial charge in [-0.2, -0.15) is 5.10 Å². The van der Waals surface area contributed by atoms with Crippen LogP contribution in [0.5, 0.6) is 0 Å². The van der Waals surface area contributed by atoms with Crippen LogP contribution in [0.1, 0.15) is 70.5 Å². The summed E-state index contributed by atoms with van der Waals surface area (Å²) in [6, 6.07) is 9.54. The summed E-state index contributed by atoms with van der Waals surface area (Å²) in [5.74, 6) is -0.0715. The molecule has 2 amide bonds. The molecule has 0 unspecified atom stereocenters. The lowest BCUT2D eigenvalue weighted by molar-refractivity contribution is -0.120. The first-order chi connectivity index (χ1) is 20.7. The van der Waals surface area contributed by atoms with Gasteiger partial charge in [0, 0.05) is 11.4 Å². The minimum atomic E-state index is -0.780. The third-order valence-corrected chi connectivity index (χ3v) is 7.87. The topological polar surface area (TPSA) is 122 Å². The molecule has 1 atom stereocenters. The molecule has 232 valence electrons. The number of amides is 2. The molecule has 4 aromatic rings. The van der Waals surface area contributed by atoms with Crippen molar-refractivity contribution in [2.45, 2.75) is 71.4 Å². The number of aromatic amines is 1. The summed E-state index contributed by atoms with van der Waals surface area (Å²) in [5, 5.41) is 9.06. The summed E-state index contributed by atoms with van der Waals surface area (Å²) < 4.78 is 7.04. The zero-order valence-corrected chi connectivity index (χ0v) is 27.3. The predicted molar refractivity (Wildman–Crippen MR) is 173 cm³/mol. The SMILES string of the molecule is CC(C)c1nn(-c2c(Cl)cc(Cl)cc2Cl)c2nc(Cc3ccc(N(C(=O)OC(C)(C)C)C(=O)[C@@H]4CCCN4)cc3)[nH]c(=O)c12. The first kappa shape index (κ1) is 32.0. The molecule has 0 radical (unpaired) electrons. The van der Waals surface area contributed by atoms with Gasteiger partial charge in [-0.15, -0.1) is 0 Å². The second-order valence-corrected chi connectivity index (χ2v) is 13.3. The van der Waals surface area contributed by atoms with Crippen molar-refractivity contribution >= 4 is 63.5 Å². The molecule has 5 rings (SSSR count). The Morgan fingerprint density at radius 3 is 2.34 bits per heavy atom. The van der Waals surface area contributed by atoms with Gasteiger partial charge in [-0.05, 0) is 75.9 Å². The number of hydrogen-bond donors (Lipinski definition) is 2. The van der Waals surface area contributed by atoms with Gasteiger partial charge in [0.05, 0.1) is 27.5 Å². The molecule has 10 nitrogen and oxygen atoms in total. The number of imide groups is 1. The van der Waals surface area contributed by atoms with Crippen LogP contribution in [-0.2, 0) is 16.0 Å². The van der Waals surface area contributed by atoms with Crippen LogP contribution in [0.25, 0.3) is 16.7 Å². The number of benzene rings is 2. The van der Waals surface area contributed by atoms with Gasteiger partial charge in [-0.25, -0.2) is 19.4 Å². The lowest BCUT2D eigenvalue weighted by Crippen LogP contribution is -2.48. The fourth-order valence-corrected chi connectivity index (χ4v) is 6.09. The number of carbonyl (C=O) groups is 2. The maximum Gasteiger partial charge on any atom is 0.421 e. The van der Waals surface area contributed by atoms with E-state index in [0.717, 1.165) is 16.9 Å². The standard InChI is InChI=1S/C31H33Cl3N6O4/c1-16(2)25-24-27(40(38-25)26-20(33)14-18(32)15-21(26)34)36-23(37-28(24)41)13-17-8-10-19(11-9-17)39(30(43)44-31(3,4)5)29(42)22-7-6-12-35-22/h8-11,14-16,22,35H,6-7,12-13H2,1-5H3,(H,36,37,41)/t22-/m0/s1. The van der Waals surface area contributed by atoms with Crippen LogP contribution in [0.4, 0.5) is 10.5 Å². The average molecular weight is 660 g/mol. The van der Waals surface area contributed by atoms with Gasteiger partial charge in [0.15, 0.2) is 5.65 Å². The van der Waals surface area contributed by atoms with Crippen molar-refractivity contribution < 1.29 is 14.3 Å². The van der Waals surface area contributed by atoms with Gasteiger partial charge in [-0.3, -0.25) is 9.59 Å². The summed E-state index contributed by atoms with van der Waals surface area (Å²) in [7, 11) is 0. The molecular weight excluding hydrogens is 627 g/mol. The lowest BCUT2D eigenvalue weighted by atomic mass is 10.1. The average Bonchev–Trinajstić information content (AvgIpc) is 3.58. The zero-order chi connectivity index (χ0) is 31.9. The van der Waals surface area contributed by atoms with Crippen molar-refractivity contribution in [2.75, 3.05) is 11.4 Å². The van der Waals surface area contributed by atoms with Gasteiger partial charge in [0.25, 0.3) is 11.5 Å². The van der Waals surface area contributed by atoms with Crippen molar-refractivity contribution in [3.8, 4) is 5.69 Å². The number of nitrogens with zero attached hydrogens (tertiary/aromatic N) is 4. The maximum absolute atomic E-state index is 13.4. The van der Waals surface area contributed by atoms with Gasteiger partial charge >= 0.3 is 6.09 Å². The summed E-state index contributed by atoms with van der Waals surface area (Å²) in [4.78, 5) is 48.6. The Balaban J connectivity index is 1.51. The lowest BCUT2D eigenvalue weighted by Gasteiger charge is -2.28. The van der Waals surface area contributed by atoms with Crippen LogP contribution < -0.4 is 15.8 Å². The molecule has 0 saturated carbocycles. The number of hydrogen-bond acceptors (Lipinski definition) is 7. The molecule has 2 aromatic carbocycles. The normalized spacial score (nSPS) is 15.2. The Hall–Kier alpha value is -3.44. The predicted octanol–water partition coefficient (Wildman–Crippen LogP) is 6.80. The largest absolute Gasteiger partial charge is 0.443 e. The summed E-state index contributed by atoms with van der Waals surface area (Å²) in [6.07, 6.45) is 0.995. The molecule has 44 heavy (non-hydrogen) atoms. The van der Waals surface area contributed by atoms with Crippen molar-refractivity contribution in [3.63, 3.8) is 0 Å². The Labute approximate surface area is 269 Å². The molecule has 1 fully saturated rings. The second-order valence-electron chi connectivity index (χ2n) is 12.0. The van der Waals surface area contributed by atoms with Crippen LogP contribution in [0.15, 0.2) is 41.2 Å². The van der Waals surface area contributed by atoms with E-state index < -0.39 is 17.7 Å². The highest BCUT2D eigenvalue weighted by Gasteiger charge is 2.34. The molecule has 0 aliphatic carbocycles. The third kappa shape index (κ3) is 6.63. The summed E-state index contributed by atoms with van der Waals surface area (Å²) >= 11 is 19.2. The van der Waals surface area contributed by atoms with E-state index in [1.54, 1.807) is 57.2 Å². The van der Waals surface area contributed by atoms with Gasteiger partial charge in [0.1, 0.15) is 22.5 Å². The van der Waals surface area contributed by atoms with E-state index in [-0.39, 0.29) is 33.9 Å². The molecule has 1 aliphatic heterocycles. The number of rotatable bonds is 6. The van der Waals surface area contributed by atoms with E-state index in [9.17, 15) is 14.4 Å². The number of H-pyrrole nitrogens is 1. The fourth-order valence-electron chi connectivity index (χ4n) is 5.11. The smallest absolute Gasteiger partial charge is 0.421 e. The van der Waals surface area contributed by atoms with E-state index in [1.807, 2.05) is 13.8 Å². The van der Waals surface area contributed by atoms with Crippen LogP contribution in [-0.4, -0.2) is 49.9 Å². The van der Waals surface area contributed by atoms with E-state index in [0.29, 0.717) is 51.9 Å². The Morgan fingerprint density at radius 2 is 1.77 bits per heavy atom. The molecule has 3 heterocycles. The molecule has 2 aromatic heterocycles. The Bertz CT molecular complexity index is 1760. The van der Waals surface area contributed by atoms with Crippen molar-refractivity contribution in [2.24, 2.45) is 0 Å². The van der Waals surface area contributed by atoms with Gasteiger partial charge < -0.3 is 15.0 Å². The number of aromatic nitrogens is 4. The molecule has 0 bridgehead atoms. The van der Waals surface area contributed by atoms with Crippen molar-refractivity contribution in [1.29, 1.82) is 0 Å². The second kappa shape index (κ2) is 12.5. The summed E-state index contributed by atoms with van der Waals surface area (Å²) in [6.45, 7) is 9.82. The number of nitrogens with one attached hydrogen (secondary N) is 2. The van der Waals surface area contributed by atoms with Gasteiger partial charge in [0.2, 0.25) is 0 Å². The van der Waals surface area contributed by atoms with Crippen LogP contribution in [0.2, 0.25) is 15.1 Å². The molecule has 2 N–H and O–H groups in total. The molecule has 13 heteroatoms. The van der Waals surface area contributed by atoms with Crippen LogP contribution >= 0.6 is 34.8 Å². The van der Waals surface area contributed by atoms with Crippen molar-refractivity contribution in [1.82, 2.24) is 25.1 Å². The zero-order valence-electron chi connectivity index (χ0n) is 25.0. The minimum absolute atomic E-state index is 0.0834. The minimum Gasteiger partial charge on any atom is -0.443 e. The van der Waals surface area contributed by atoms with E-state index in [4.69, 9.17) is 44.5 Å². The number of carbonyl (C=O) groups excluding carboxylic acids is 2. The van der Waals surface area contributed by atoms with E-state index >= 15 is 0 Å². The van der Waals surface area contributed by atoms with Crippen LogP contribution in [0, 0.1) is 0 Å². The monoisotopic (exact) mass is 658 g/mol. The first-order valence-corrected chi connectivity index (χ1v) is 15.4. The fraction of sp³-hybridized carbons (Fsp3) is 0.387. The number of halogens is 3. The molecule has 1 aliphatic rings. The molecule has 1 saturated heterocycles. The van der Waals surface area contributed by atoms with Crippen molar-refractivity contribution in [3.05, 3.63) is 78.9 Å².